The zero-order valence-electron chi connectivity index (χ0n) is 11.0. The van der Waals surface area contributed by atoms with Crippen LogP contribution < -0.4 is 9.50 Å². The van der Waals surface area contributed by atoms with Crippen molar-refractivity contribution in [3.8, 4) is 5.75 Å². The van der Waals surface area contributed by atoms with Crippen molar-refractivity contribution in [1.82, 2.24) is 4.98 Å². The summed E-state index contributed by atoms with van der Waals surface area (Å²) in [6.45, 7) is 0. The van der Waals surface area contributed by atoms with Gasteiger partial charge in [0.2, 0.25) is 0 Å². The Hall–Kier alpha value is -1.86. The third-order valence-corrected chi connectivity index (χ3v) is 4.55. The summed E-state index contributed by atoms with van der Waals surface area (Å²) in [4.78, 5) is 15.9. The molecular weight excluding hydrogens is 306 g/mol. The smallest absolute Gasteiger partial charge is 0.275 e. The molecule has 7 heteroatoms. The summed E-state index contributed by atoms with van der Waals surface area (Å²) >= 11 is 2.80. The number of aromatic nitrogens is 1. The largest absolute Gasteiger partial charge is 0.426 e. The van der Waals surface area contributed by atoms with Crippen molar-refractivity contribution in [2.75, 3.05) is 5.32 Å². The first-order valence-corrected chi connectivity index (χ1v) is 8.14. The first-order chi connectivity index (χ1) is 10.2. The van der Waals surface area contributed by atoms with E-state index in [0.717, 1.165) is 5.75 Å². The standard InChI is InChI=1S/C14H13N3O2S2/c15-12(13(18)17-14-16-7-8-20-14)9-1-3-10(4-2-9)19-21-11-5-6-11/h1-4,7-8,11,15H,5-6H2,(H,16,17,18). The molecule has 108 valence electrons. The minimum atomic E-state index is -0.467. The molecule has 2 aromatic rings. The fourth-order valence-electron chi connectivity index (χ4n) is 1.54. The lowest BCUT2D eigenvalue weighted by molar-refractivity contribution is -0.110. The van der Waals surface area contributed by atoms with Gasteiger partial charge in [0.1, 0.15) is 11.5 Å². The van der Waals surface area contributed by atoms with E-state index in [9.17, 15) is 4.79 Å². The first kappa shape index (κ1) is 14.1. The number of nitrogens with zero attached hydrogens (tertiary/aromatic N) is 1. The second kappa shape index (κ2) is 6.28. The maximum Gasteiger partial charge on any atom is 0.275 e. The van der Waals surface area contributed by atoms with Gasteiger partial charge in [-0.05, 0) is 37.1 Å². The van der Waals surface area contributed by atoms with Gasteiger partial charge in [0.05, 0.1) is 12.0 Å². The number of carbonyl (C=O) groups excluding carboxylic acids is 1. The SMILES string of the molecule is N=C(C(=O)Nc1nccs1)c1ccc(OSC2CC2)cc1. The highest BCUT2D eigenvalue weighted by Gasteiger charge is 2.23. The highest BCUT2D eigenvalue weighted by atomic mass is 32.2. The molecule has 1 aromatic carbocycles. The molecule has 0 saturated heterocycles. The molecule has 1 amide bonds. The van der Waals surface area contributed by atoms with E-state index in [1.54, 1.807) is 35.8 Å². The van der Waals surface area contributed by atoms with Crippen LogP contribution in [0, 0.1) is 5.41 Å². The number of rotatable bonds is 6. The van der Waals surface area contributed by atoms with Gasteiger partial charge in [0, 0.05) is 22.4 Å². The number of anilines is 1. The van der Waals surface area contributed by atoms with Gasteiger partial charge >= 0.3 is 0 Å². The monoisotopic (exact) mass is 319 g/mol. The maximum atomic E-state index is 11.9. The third kappa shape index (κ3) is 3.83. The van der Waals surface area contributed by atoms with Crippen LogP contribution in [0.15, 0.2) is 35.8 Å². The molecule has 0 aliphatic heterocycles. The Balaban J connectivity index is 1.59. The molecule has 0 radical (unpaired) electrons. The van der Waals surface area contributed by atoms with Gasteiger partial charge in [-0.15, -0.1) is 11.3 Å². The summed E-state index contributed by atoms with van der Waals surface area (Å²) in [6, 6.07) is 6.98. The highest BCUT2D eigenvalue weighted by Crippen LogP contribution is 2.35. The molecule has 0 atom stereocenters. The maximum absolute atomic E-state index is 11.9. The zero-order valence-corrected chi connectivity index (χ0v) is 12.7. The lowest BCUT2D eigenvalue weighted by atomic mass is 10.1. The van der Waals surface area contributed by atoms with E-state index < -0.39 is 5.91 Å². The van der Waals surface area contributed by atoms with Gasteiger partial charge in [0.25, 0.3) is 5.91 Å². The van der Waals surface area contributed by atoms with Gasteiger partial charge < -0.3 is 4.18 Å². The third-order valence-electron chi connectivity index (χ3n) is 2.83. The minimum absolute atomic E-state index is 0.0911. The van der Waals surface area contributed by atoms with Gasteiger partial charge in [-0.25, -0.2) is 4.98 Å². The fourth-order valence-corrected chi connectivity index (χ4v) is 2.75. The fraction of sp³-hybridized carbons (Fsp3) is 0.214. The summed E-state index contributed by atoms with van der Waals surface area (Å²) in [5.74, 6) is 0.273. The Bertz CT molecular complexity index is 637. The predicted molar refractivity (Wildman–Crippen MR) is 85.3 cm³/mol. The molecule has 3 rings (SSSR count). The topological polar surface area (TPSA) is 75.1 Å². The van der Waals surface area contributed by atoms with E-state index in [1.165, 1.54) is 36.2 Å². The number of amides is 1. The number of carbonyl (C=O) groups is 1. The normalized spacial score (nSPS) is 13.7. The van der Waals surface area contributed by atoms with Crippen molar-refractivity contribution in [2.24, 2.45) is 0 Å². The molecular formula is C14H13N3O2S2. The molecule has 1 aromatic heterocycles. The lowest BCUT2D eigenvalue weighted by Crippen LogP contribution is -2.22. The molecule has 1 heterocycles. The molecule has 0 bridgehead atoms. The summed E-state index contributed by atoms with van der Waals surface area (Å²) in [7, 11) is 0. The number of hydrogen-bond donors (Lipinski definition) is 2. The van der Waals surface area contributed by atoms with Crippen molar-refractivity contribution in [3.63, 3.8) is 0 Å². The van der Waals surface area contributed by atoms with Crippen LogP contribution in [0.5, 0.6) is 5.75 Å². The second-order valence-corrected chi connectivity index (χ2v) is 6.49. The predicted octanol–water partition coefficient (Wildman–Crippen LogP) is 3.34. The Morgan fingerprint density at radius 1 is 1.38 bits per heavy atom. The zero-order chi connectivity index (χ0) is 14.7. The van der Waals surface area contributed by atoms with Crippen LogP contribution in [-0.2, 0) is 4.79 Å². The molecule has 1 aliphatic rings. The van der Waals surface area contributed by atoms with Crippen molar-refractivity contribution in [2.45, 2.75) is 18.1 Å². The van der Waals surface area contributed by atoms with Crippen LogP contribution in [0.2, 0.25) is 0 Å². The van der Waals surface area contributed by atoms with Gasteiger partial charge in [-0.1, -0.05) is 0 Å². The molecule has 0 spiro atoms. The quantitative estimate of drug-likeness (QED) is 0.632. The van der Waals surface area contributed by atoms with Crippen LogP contribution in [0.3, 0.4) is 0 Å². The van der Waals surface area contributed by atoms with Crippen LogP contribution in [0.1, 0.15) is 18.4 Å². The van der Waals surface area contributed by atoms with Crippen LogP contribution in [0.25, 0.3) is 0 Å². The second-order valence-electron chi connectivity index (χ2n) is 4.57. The minimum Gasteiger partial charge on any atom is -0.426 e. The Kier molecular flexibility index (Phi) is 4.21. The van der Waals surface area contributed by atoms with E-state index in [2.05, 4.69) is 10.3 Å². The molecule has 0 unspecified atom stereocenters. The molecule has 2 N–H and O–H groups in total. The van der Waals surface area contributed by atoms with E-state index >= 15 is 0 Å². The van der Waals surface area contributed by atoms with Crippen LogP contribution in [-0.4, -0.2) is 21.9 Å². The molecule has 21 heavy (non-hydrogen) atoms. The summed E-state index contributed by atoms with van der Waals surface area (Å²) < 4.78 is 5.55. The number of benzene rings is 1. The summed E-state index contributed by atoms with van der Waals surface area (Å²) in [5, 5.41) is 13.4. The van der Waals surface area contributed by atoms with Crippen molar-refractivity contribution in [3.05, 3.63) is 41.4 Å². The molecule has 5 nitrogen and oxygen atoms in total. The van der Waals surface area contributed by atoms with E-state index in [0.29, 0.717) is 15.9 Å². The van der Waals surface area contributed by atoms with Crippen molar-refractivity contribution >= 4 is 40.1 Å². The number of thiazole rings is 1. The van der Waals surface area contributed by atoms with Gasteiger partial charge in [-0.3, -0.25) is 15.5 Å². The Morgan fingerprint density at radius 2 is 2.14 bits per heavy atom. The van der Waals surface area contributed by atoms with Crippen molar-refractivity contribution < 1.29 is 8.98 Å². The first-order valence-electron chi connectivity index (χ1n) is 6.45. The van der Waals surface area contributed by atoms with Crippen LogP contribution >= 0.6 is 23.4 Å². The molecule has 1 aliphatic carbocycles. The Morgan fingerprint density at radius 3 is 2.76 bits per heavy atom. The van der Waals surface area contributed by atoms with E-state index in [-0.39, 0.29) is 5.71 Å². The van der Waals surface area contributed by atoms with E-state index in [4.69, 9.17) is 9.59 Å². The average Bonchev–Trinajstić information content (AvgIpc) is 3.20. The summed E-state index contributed by atoms with van der Waals surface area (Å²) in [5.41, 5.74) is 0.458. The van der Waals surface area contributed by atoms with E-state index in [1.807, 2.05) is 0 Å². The molecule has 1 fully saturated rings. The van der Waals surface area contributed by atoms with Crippen LogP contribution in [0.4, 0.5) is 5.13 Å². The number of hydrogen-bond acceptors (Lipinski definition) is 6. The van der Waals surface area contributed by atoms with Gasteiger partial charge in [0.15, 0.2) is 5.13 Å². The lowest BCUT2D eigenvalue weighted by Gasteiger charge is -2.06. The average molecular weight is 319 g/mol. The van der Waals surface area contributed by atoms with Crippen molar-refractivity contribution in [1.29, 1.82) is 5.41 Å². The summed E-state index contributed by atoms with van der Waals surface area (Å²) in [6.07, 6.45) is 4.03. The molecule has 1 saturated carbocycles. The highest BCUT2D eigenvalue weighted by molar-refractivity contribution is 7.95. The Labute approximate surface area is 130 Å². The number of nitrogens with one attached hydrogen (secondary N) is 2. The van der Waals surface area contributed by atoms with Gasteiger partial charge in [-0.2, -0.15) is 0 Å².